The molecule has 112 valence electrons. The molecule has 6 nitrogen and oxygen atoms in total. The van der Waals surface area contributed by atoms with E-state index < -0.39 is 30.1 Å². The van der Waals surface area contributed by atoms with Crippen molar-refractivity contribution in [3.8, 4) is 0 Å². The zero-order valence-corrected chi connectivity index (χ0v) is 12.2. The van der Waals surface area contributed by atoms with Crippen molar-refractivity contribution in [3.63, 3.8) is 0 Å². The molecule has 20 heavy (non-hydrogen) atoms. The van der Waals surface area contributed by atoms with E-state index in [0.29, 0.717) is 6.42 Å². The third-order valence-electron chi connectivity index (χ3n) is 2.31. The van der Waals surface area contributed by atoms with Gasteiger partial charge < -0.3 is 14.2 Å². The minimum atomic E-state index is -0.655. The lowest BCUT2D eigenvalue weighted by atomic mass is 10.2. The van der Waals surface area contributed by atoms with Crippen LogP contribution in [0.2, 0.25) is 0 Å². The molecule has 1 rings (SSSR count). The largest absolute Gasteiger partial charge is 0.460 e. The van der Waals surface area contributed by atoms with Gasteiger partial charge in [-0.1, -0.05) is 0 Å². The molecule has 0 heterocycles. The fourth-order valence-corrected chi connectivity index (χ4v) is 1.73. The summed E-state index contributed by atoms with van der Waals surface area (Å²) in [7, 11) is 0. The van der Waals surface area contributed by atoms with Gasteiger partial charge in [-0.3, -0.25) is 14.4 Å². The fourth-order valence-electron chi connectivity index (χ4n) is 1.73. The van der Waals surface area contributed by atoms with Gasteiger partial charge in [-0.25, -0.2) is 0 Å². The van der Waals surface area contributed by atoms with Crippen LogP contribution in [0.5, 0.6) is 0 Å². The van der Waals surface area contributed by atoms with E-state index in [1.807, 2.05) is 0 Å². The molecule has 1 aliphatic carbocycles. The highest BCUT2D eigenvalue weighted by atomic mass is 16.6. The maximum absolute atomic E-state index is 11.6. The first-order chi connectivity index (χ1) is 9.15. The summed E-state index contributed by atoms with van der Waals surface area (Å²) in [5.41, 5.74) is -0.634. The van der Waals surface area contributed by atoms with Crippen molar-refractivity contribution >= 4 is 17.9 Å². The lowest BCUT2D eigenvalue weighted by Gasteiger charge is -2.19. The molecule has 0 N–H and O–H groups in total. The van der Waals surface area contributed by atoms with Crippen LogP contribution in [0.15, 0.2) is 12.2 Å². The highest BCUT2D eigenvalue weighted by Crippen LogP contribution is 2.18. The van der Waals surface area contributed by atoms with E-state index in [2.05, 4.69) is 0 Å². The number of rotatable bonds is 4. The van der Waals surface area contributed by atoms with E-state index in [4.69, 9.17) is 14.2 Å². The molecule has 0 aliphatic heterocycles. The molecule has 0 bridgehead atoms. The molecule has 0 radical (unpaired) electrons. The Bertz CT molecular complexity index is 418. The van der Waals surface area contributed by atoms with E-state index in [1.165, 1.54) is 6.92 Å². The Balaban J connectivity index is 2.32. The van der Waals surface area contributed by atoms with E-state index in [9.17, 15) is 14.4 Å². The lowest BCUT2D eigenvalue weighted by molar-refractivity contribution is -0.162. The second-order valence-corrected chi connectivity index (χ2v) is 5.56. The van der Waals surface area contributed by atoms with Crippen LogP contribution in [-0.2, 0) is 28.6 Å². The molecule has 6 heteroatoms. The average Bonchev–Trinajstić information content (AvgIpc) is 2.60. The van der Waals surface area contributed by atoms with Gasteiger partial charge >= 0.3 is 17.9 Å². The van der Waals surface area contributed by atoms with Crippen LogP contribution in [0.25, 0.3) is 0 Å². The SMILES string of the molecule is CC(=O)O[C@H]1C=C[C@@H](OC(=O)CC(=O)OC(C)(C)C)C1. The van der Waals surface area contributed by atoms with Crippen molar-refractivity contribution in [1.82, 2.24) is 0 Å². The zero-order chi connectivity index (χ0) is 15.3. The number of carbonyl (C=O) groups excluding carboxylic acids is 3. The summed E-state index contributed by atoms with van der Waals surface area (Å²) in [6.07, 6.45) is 2.38. The minimum absolute atomic E-state index is 0.375. The molecular formula is C14H20O6. The number of carbonyl (C=O) groups is 3. The second kappa shape index (κ2) is 6.54. The van der Waals surface area contributed by atoms with Gasteiger partial charge in [0.15, 0.2) is 0 Å². The molecule has 0 aromatic heterocycles. The van der Waals surface area contributed by atoms with Gasteiger partial charge in [0.25, 0.3) is 0 Å². The summed E-state index contributed by atoms with van der Waals surface area (Å²) in [6, 6.07) is 0. The molecule has 0 aromatic carbocycles. The average molecular weight is 284 g/mol. The Labute approximate surface area is 118 Å². The molecule has 2 atom stereocenters. The van der Waals surface area contributed by atoms with Crippen molar-refractivity contribution in [2.45, 2.75) is 58.3 Å². The Kier molecular flexibility index (Phi) is 5.30. The topological polar surface area (TPSA) is 78.9 Å². The number of esters is 3. The van der Waals surface area contributed by atoms with Crippen LogP contribution in [0.3, 0.4) is 0 Å². The minimum Gasteiger partial charge on any atom is -0.460 e. The summed E-state index contributed by atoms with van der Waals surface area (Å²) in [5, 5.41) is 0. The normalized spacial score (nSPS) is 21.4. The standard InChI is InChI=1S/C14H20O6/c1-9(15)18-10-5-6-11(7-10)19-12(16)8-13(17)20-14(2,3)4/h5-6,10-11H,7-8H2,1-4H3/t10-,11+/m0/s1. The maximum Gasteiger partial charge on any atom is 0.317 e. The predicted molar refractivity (Wildman–Crippen MR) is 69.7 cm³/mol. The summed E-state index contributed by atoms with van der Waals surface area (Å²) in [4.78, 5) is 33.8. The molecule has 0 saturated carbocycles. The number of hydrogen-bond donors (Lipinski definition) is 0. The molecule has 0 fully saturated rings. The first-order valence-electron chi connectivity index (χ1n) is 6.42. The van der Waals surface area contributed by atoms with Gasteiger partial charge in [-0.2, -0.15) is 0 Å². The molecule has 1 aliphatic rings. The number of ether oxygens (including phenoxy) is 3. The van der Waals surface area contributed by atoms with E-state index >= 15 is 0 Å². The summed E-state index contributed by atoms with van der Waals surface area (Å²) in [6.45, 7) is 6.48. The monoisotopic (exact) mass is 284 g/mol. The molecule has 0 aromatic rings. The van der Waals surface area contributed by atoms with Crippen molar-refractivity contribution in [2.24, 2.45) is 0 Å². The summed E-state index contributed by atoms with van der Waals surface area (Å²) >= 11 is 0. The number of hydrogen-bond acceptors (Lipinski definition) is 6. The van der Waals surface area contributed by atoms with E-state index in [1.54, 1.807) is 32.9 Å². The summed E-state index contributed by atoms with van der Waals surface area (Å²) < 4.78 is 15.1. The van der Waals surface area contributed by atoms with Crippen LogP contribution >= 0.6 is 0 Å². The Morgan fingerprint density at radius 1 is 1.05 bits per heavy atom. The molecular weight excluding hydrogens is 264 g/mol. The van der Waals surface area contributed by atoms with Crippen LogP contribution in [-0.4, -0.2) is 35.7 Å². The van der Waals surface area contributed by atoms with Crippen LogP contribution in [0.4, 0.5) is 0 Å². The quantitative estimate of drug-likeness (QED) is 0.337. The van der Waals surface area contributed by atoms with Crippen LogP contribution in [0.1, 0.15) is 40.5 Å². The predicted octanol–water partition coefficient (Wildman–Crippen LogP) is 1.52. The van der Waals surface area contributed by atoms with Crippen molar-refractivity contribution in [1.29, 1.82) is 0 Å². The van der Waals surface area contributed by atoms with Crippen LogP contribution in [0, 0.1) is 0 Å². The van der Waals surface area contributed by atoms with E-state index in [0.717, 1.165) is 0 Å². The van der Waals surface area contributed by atoms with Gasteiger partial charge in [-0.15, -0.1) is 0 Å². The lowest BCUT2D eigenvalue weighted by Crippen LogP contribution is -2.27. The van der Waals surface area contributed by atoms with E-state index in [-0.39, 0.29) is 12.1 Å². The Morgan fingerprint density at radius 3 is 2.10 bits per heavy atom. The molecule has 0 saturated heterocycles. The third kappa shape index (κ3) is 6.36. The zero-order valence-electron chi connectivity index (χ0n) is 12.2. The van der Waals surface area contributed by atoms with Gasteiger partial charge in [0, 0.05) is 13.3 Å². The summed E-state index contributed by atoms with van der Waals surface area (Å²) in [5.74, 6) is -1.67. The van der Waals surface area contributed by atoms with Crippen LogP contribution < -0.4 is 0 Å². The molecule has 0 spiro atoms. The first-order valence-corrected chi connectivity index (χ1v) is 6.42. The Morgan fingerprint density at radius 2 is 1.60 bits per heavy atom. The van der Waals surface area contributed by atoms with Gasteiger partial charge in [0.1, 0.15) is 24.2 Å². The smallest absolute Gasteiger partial charge is 0.317 e. The first kappa shape index (κ1) is 16.2. The van der Waals surface area contributed by atoms with Gasteiger partial charge in [0.05, 0.1) is 0 Å². The maximum atomic E-state index is 11.6. The highest BCUT2D eigenvalue weighted by Gasteiger charge is 2.26. The Hall–Kier alpha value is -1.85. The van der Waals surface area contributed by atoms with Crippen molar-refractivity contribution in [3.05, 3.63) is 12.2 Å². The van der Waals surface area contributed by atoms with Gasteiger partial charge in [-0.05, 0) is 32.9 Å². The highest BCUT2D eigenvalue weighted by molar-refractivity contribution is 5.91. The third-order valence-corrected chi connectivity index (χ3v) is 2.31. The van der Waals surface area contributed by atoms with Crippen molar-refractivity contribution in [2.75, 3.05) is 0 Å². The molecule has 0 amide bonds. The van der Waals surface area contributed by atoms with Crippen molar-refractivity contribution < 1.29 is 28.6 Å². The molecule has 0 unspecified atom stereocenters. The fraction of sp³-hybridized carbons (Fsp3) is 0.643. The second-order valence-electron chi connectivity index (χ2n) is 5.56. The van der Waals surface area contributed by atoms with Gasteiger partial charge in [0.2, 0.25) is 0 Å².